The van der Waals surface area contributed by atoms with E-state index in [1.165, 1.54) is 11.3 Å². The van der Waals surface area contributed by atoms with E-state index in [1.807, 2.05) is 25.9 Å². The highest BCUT2D eigenvalue weighted by molar-refractivity contribution is 14.0. The van der Waals surface area contributed by atoms with Gasteiger partial charge in [0, 0.05) is 58.9 Å². The smallest absolute Gasteiger partial charge is 0.222 e. The number of hydrogen-bond donors (Lipinski definition) is 2. The molecule has 1 unspecified atom stereocenters. The molecular formula is C18H30IN5O. The number of aliphatic imine (C=N–C) groups is 1. The summed E-state index contributed by atoms with van der Waals surface area (Å²) in [6.45, 7) is 4.21. The lowest BCUT2D eigenvalue weighted by molar-refractivity contribution is -0.129. The van der Waals surface area contributed by atoms with Crippen LogP contribution in [-0.2, 0) is 11.3 Å². The average molecular weight is 459 g/mol. The van der Waals surface area contributed by atoms with Crippen molar-refractivity contribution in [1.82, 2.24) is 15.5 Å². The van der Waals surface area contributed by atoms with Crippen molar-refractivity contribution < 1.29 is 4.79 Å². The van der Waals surface area contributed by atoms with Crippen LogP contribution < -0.4 is 15.5 Å². The molecular weight excluding hydrogens is 429 g/mol. The van der Waals surface area contributed by atoms with Gasteiger partial charge in [-0.15, -0.1) is 24.0 Å². The summed E-state index contributed by atoms with van der Waals surface area (Å²) in [6.07, 6.45) is 1.53. The van der Waals surface area contributed by atoms with E-state index in [4.69, 9.17) is 0 Å². The second-order valence-corrected chi connectivity index (χ2v) is 6.31. The molecule has 1 aliphatic rings. The maximum atomic E-state index is 11.7. The Morgan fingerprint density at radius 1 is 1.32 bits per heavy atom. The summed E-state index contributed by atoms with van der Waals surface area (Å²) >= 11 is 0. The standard InChI is InChI=1S/C18H29N5O.HI/c1-5-17(24)23-11-10-15(13-23)21-18(19-2)20-12-14-6-8-16(9-7-14)22(3)4;/h6-9,15H,5,10-13H2,1-4H3,(H2,19,20,21);1H. The molecule has 1 heterocycles. The first-order valence-electron chi connectivity index (χ1n) is 8.54. The molecule has 0 aromatic heterocycles. The third kappa shape index (κ3) is 6.37. The summed E-state index contributed by atoms with van der Waals surface area (Å²) in [6, 6.07) is 8.72. The zero-order chi connectivity index (χ0) is 17.5. The Labute approximate surface area is 168 Å². The Kier molecular flexibility index (Phi) is 9.02. The first kappa shape index (κ1) is 21.5. The van der Waals surface area contributed by atoms with E-state index >= 15 is 0 Å². The van der Waals surface area contributed by atoms with Gasteiger partial charge in [-0.2, -0.15) is 0 Å². The fourth-order valence-electron chi connectivity index (χ4n) is 2.81. The maximum absolute atomic E-state index is 11.7. The molecule has 6 nitrogen and oxygen atoms in total. The van der Waals surface area contributed by atoms with Gasteiger partial charge in [-0.3, -0.25) is 9.79 Å². The Morgan fingerprint density at radius 2 is 2.00 bits per heavy atom. The lowest BCUT2D eigenvalue weighted by Crippen LogP contribution is -2.44. The van der Waals surface area contributed by atoms with Gasteiger partial charge >= 0.3 is 0 Å². The van der Waals surface area contributed by atoms with Crippen molar-refractivity contribution >= 4 is 41.5 Å². The highest BCUT2D eigenvalue weighted by Gasteiger charge is 2.25. The van der Waals surface area contributed by atoms with Gasteiger partial charge in [0.1, 0.15) is 0 Å². The van der Waals surface area contributed by atoms with Crippen LogP contribution in [0.15, 0.2) is 29.3 Å². The number of nitrogens with zero attached hydrogens (tertiary/aromatic N) is 3. The molecule has 0 aliphatic carbocycles. The summed E-state index contributed by atoms with van der Waals surface area (Å²) in [5, 5.41) is 6.75. The van der Waals surface area contributed by atoms with E-state index in [9.17, 15) is 4.79 Å². The topological polar surface area (TPSA) is 60.0 Å². The molecule has 1 aromatic rings. The van der Waals surface area contributed by atoms with Gasteiger partial charge in [0.05, 0.1) is 0 Å². The van der Waals surface area contributed by atoms with Gasteiger partial charge in [0.2, 0.25) is 5.91 Å². The molecule has 7 heteroatoms. The van der Waals surface area contributed by atoms with Gasteiger partial charge in [0.25, 0.3) is 0 Å². The Morgan fingerprint density at radius 3 is 2.56 bits per heavy atom. The van der Waals surface area contributed by atoms with E-state index in [-0.39, 0.29) is 35.9 Å². The predicted octanol–water partition coefficient (Wildman–Crippen LogP) is 2.05. The van der Waals surface area contributed by atoms with Crippen LogP contribution >= 0.6 is 24.0 Å². The summed E-state index contributed by atoms with van der Waals surface area (Å²) in [7, 11) is 5.84. The van der Waals surface area contributed by atoms with Crippen molar-refractivity contribution in [1.29, 1.82) is 0 Å². The number of guanidine groups is 1. The number of carbonyl (C=O) groups is 1. The normalized spacial score (nSPS) is 17.0. The van der Waals surface area contributed by atoms with Crippen molar-refractivity contribution in [3.8, 4) is 0 Å². The Balaban J connectivity index is 0.00000312. The van der Waals surface area contributed by atoms with Crippen molar-refractivity contribution in [2.45, 2.75) is 32.4 Å². The molecule has 1 fully saturated rings. The first-order valence-corrected chi connectivity index (χ1v) is 8.54. The van der Waals surface area contributed by atoms with Crippen molar-refractivity contribution in [3.63, 3.8) is 0 Å². The number of carbonyl (C=O) groups excluding carboxylic acids is 1. The highest BCUT2D eigenvalue weighted by Crippen LogP contribution is 2.12. The highest BCUT2D eigenvalue weighted by atomic mass is 127. The lowest BCUT2D eigenvalue weighted by Gasteiger charge is -2.19. The first-order chi connectivity index (χ1) is 11.5. The monoisotopic (exact) mass is 459 g/mol. The average Bonchev–Trinajstić information content (AvgIpc) is 3.06. The van der Waals surface area contributed by atoms with Crippen LogP contribution in [-0.4, -0.2) is 57.0 Å². The molecule has 1 aromatic carbocycles. The number of hydrogen-bond acceptors (Lipinski definition) is 3. The molecule has 0 saturated carbocycles. The molecule has 2 rings (SSSR count). The second kappa shape index (κ2) is 10.5. The maximum Gasteiger partial charge on any atom is 0.222 e. The molecule has 0 spiro atoms. The fourth-order valence-corrected chi connectivity index (χ4v) is 2.81. The Bertz CT molecular complexity index is 573. The molecule has 1 aliphatic heterocycles. The van der Waals surface area contributed by atoms with E-state index in [0.717, 1.165) is 32.0 Å². The molecule has 140 valence electrons. The molecule has 0 bridgehead atoms. The third-order valence-electron chi connectivity index (χ3n) is 4.32. The minimum atomic E-state index is 0. The fraction of sp³-hybridized carbons (Fsp3) is 0.556. The summed E-state index contributed by atoms with van der Waals surface area (Å²) in [5.41, 5.74) is 2.39. The lowest BCUT2D eigenvalue weighted by atomic mass is 10.2. The number of halogens is 1. The molecule has 2 N–H and O–H groups in total. The zero-order valence-electron chi connectivity index (χ0n) is 15.6. The van der Waals surface area contributed by atoms with Crippen LogP contribution in [0.25, 0.3) is 0 Å². The van der Waals surface area contributed by atoms with E-state index in [2.05, 4.69) is 44.8 Å². The van der Waals surface area contributed by atoms with Crippen LogP contribution in [0.4, 0.5) is 5.69 Å². The number of likely N-dealkylation sites (tertiary alicyclic amines) is 1. The number of nitrogens with one attached hydrogen (secondary N) is 2. The van der Waals surface area contributed by atoms with Gasteiger partial charge < -0.3 is 20.4 Å². The van der Waals surface area contributed by atoms with Crippen LogP contribution in [0.5, 0.6) is 0 Å². The molecule has 1 atom stereocenters. The summed E-state index contributed by atoms with van der Waals surface area (Å²) < 4.78 is 0. The number of benzene rings is 1. The number of amides is 1. The van der Waals surface area contributed by atoms with E-state index in [1.54, 1.807) is 7.05 Å². The zero-order valence-corrected chi connectivity index (χ0v) is 17.9. The van der Waals surface area contributed by atoms with Crippen molar-refractivity contribution in [2.75, 3.05) is 39.1 Å². The SMILES string of the molecule is CCC(=O)N1CCC(NC(=NC)NCc2ccc(N(C)C)cc2)C1.I. The third-order valence-corrected chi connectivity index (χ3v) is 4.32. The quantitative estimate of drug-likeness (QED) is 0.402. The van der Waals surface area contributed by atoms with Gasteiger partial charge in [-0.1, -0.05) is 19.1 Å². The summed E-state index contributed by atoms with van der Waals surface area (Å²) in [5.74, 6) is 1.01. The molecule has 1 amide bonds. The molecule has 1 saturated heterocycles. The summed E-state index contributed by atoms with van der Waals surface area (Å²) in [4.78, 5) is 20.0. The van der Waals surface area contributed by atoms with Crippen LogP contribution in [0.1, 0.15) is 25.3 Å². The van der Waals surface area contributed by atoms with Crippen LogP contribution in [0.3, 0.4) is 0 Å². The van der Waals surface area contributed by atoms with Gasteiger partial charge in [-0.05, 0) is 24.1 Å². The second-order valence-electron chi connectivity index (χ2n) is 6.31. The van der Waals surface area contributed by atoms with Crippen LogP contribution in [0.2, 0.25) is 0 Å². The Hall–Kier alpha value is -1.51. The van der Waals surface area contributed by atoms with Gasteiger partial charge in [0.15, 0.2) is 5.96 Å². The molecule has 25 heavy (non-hydrogen) atoms. The van der Waals surface area contributed by atoms with Crippen LogP contribution in [0, 0.1) is 0 Å². The largest absolute Gasteiger partial charge is 0.378 e. The molecule has 0 radical (unpaired) electrons. The predicted molar refractivity (Wildman–Crippen MR) is 115 cm³/mol. The number of rotatable bonds is 5. The van der Waals surface area contributed by atoms with E-state index in [0.29, 0.717) is 6.42 Å². The minimum absolute atomic E-state index is 0. The number of anilines is 1. The van der Waals surface area contributed by atoms with Crippen molar-refractivity contribution in [2.24, 2.45) is 4.99 Å². The van der Waals surface area contributed by atoms with Crippen molar-refractivity contribution in [3.05, 3.63) is 29.8 Å². The van der Waals surface area contributed by atoms with E-state index < -0.39 is 0 Å². The minimum Gasteiger partial charge on any atom is -0.378 e. The van der Waals surface area contributed by atoms with Gasteiger partial charge in [-0.25, -0.2) is 0 Å².